The summed E-state index contributed by atoms with van der Waals surface area (Å²) in [5.41, 5.74) is 7.82. The van der Waals surface area contributed by atoms with Crippen molar-refractivity contribution in [2.45, 2.75) is 52.4 Å². The molecule has 5 rings (SSSR count). The van der Waals surface area contributed by atoms with Gasteiger partial charge < -0.3 is 9.47 Å². The lowest BCUT2D eigenvalue weighted by Gasteiger charge is -2.31. The van der Waals surface area contributed by atoms with Gasteiger partial charge >= 0.3 is 0 Å². The van der Waals surface area contributed by atoms with Crippen LogP contribution >= 0.6 is 0 Å². The molecule has 0 N–H and O–H groups in total. The van der Waals surface area contributed by atoms with E-state index in [1.165, 1.54) is 79.5 Å². The minimum absolute atomic E-state index is 0.730. The normalized spacial score (nSPS) is 19.1. The zero-order valence-corrected chi connectivity index (χ0v) is 19.5. The molecule has 0 bridgehead atoms. The van der Waals surface area contributed by atoms with Crippen LogP contribution in [0.3, 0.4) is 0 Å². The second-order valence-corrected chi connectivity index (χ2v) is 9.55. The van der Waals surface area contributed by atoms with Crippen molar-refractivity contribution < 1.29 is 9.47 Å². The Labute approximate surface area is 192 Å². The monoisotopic (exact) mass is 429 g/mol. The van der Waals surface area contributed by atoms with E-state index in [-0.39, 0.29) is 0 Å². The van der Waals surface area contributed by atoms with Crippen molar-refractivity contribution >= 4 is 11.1 Å². The van der Waals surface area contributed by atoms with Crippen LogP contribution in [0.4, 0.5) is 0 Å². The standard InChI is InChI=1S/C29H35NO2/c1-3-22-13-15-30(16-14-22)17-18-31-25-11-12-26-28(19-25)32-20-27(29(26)24-5-4-6-24)23-9-7-21(2)8-10-23/h7-12,19-20,22H,3-6,13-18H2,1-2H3. The molecule has 1 aliphatic carbocycles. The van der Waals surface area contributed by atoms with Gasteiger partial charge in [0.1, 0.15) is 18.1 Å². The summed E-state index contributed by atoms with van der Waals surface area (Å²) in [6.07, 6.45) is 9.57. The number of hydrogen-bond donors (Lipinski definition) is 0. The topological polar surface area (TPSA) is 21.7 Å². The third kappa shape index (κ3) is 4.49. The summed E-state index contributed by atoms with van der Waals surface area (Å²) in [6, 6.07) is 15.1. The number of allylic oxidation sites excluding steroid dienone is 3. The average Bonchev–Trinajstić information content (AvgIpc) is 2.79. The number of nitrogens with zero attached hydrogens (tertiary/aromatic N) is 1. The molecular formula is C29H35NO2. The molecule has 2 aromatic rings. The van der Waals surface area contributed by atoms with Gasteiger partial charge in [-0.1, -0.05) is 48.7 Å². The molecular weight excluding hydrogens is 394 g/mol. The summed E-state index contributed by atoms with van der Waals surface area (Å²) in [6.45, 7) is 8.59. The first-order valence-corrected chi connectivity index (χ1v) is 12.4. The molecule has 3 aliphatic rings. The Morgan fingerprint density at radius 3 is 2.50 bits per heavy atom. The molecule has 2 fully saturated rings. The van der Waals surface area contributed by atoms with E-state index in [0.717, 1.165) is 30.6 Å². The molecule has 168 valence electrons. The molecule has 2 aliphatic heterocycles. The highest BCUT2D eigenvalue weighted by atomic mass is 16.5. The first kappa shape index (κ1) is 21.3. The maximum atomic E-state index is 6.14. The zero-order chi connectivity index (χ0) is 21.9. The Bertz CT molecular complexity index is 1000. The molecule has 0 radical (unpaired) electrons. The lowest BCUT2D eigenvalue weighted by atomic mass is 9.79. The van der Waals surface area contributed by atoms with Gasteiger partial charge in [-0.25, -0.2) is 0 Å². The third-order valence-electron chi connectivity index (χ3n) is 7.43. The van der Waals surface area contributed by atoms with Gasteiger partial charge in [0.05, 0.1) is 6.26 Å². The fraction of sp³-hybridized carbons (Fsp3) is 0.448. The smallest absolute Gasteiger partial charge is 0.138 e. The number of fused-ring (bicyclic) bond motifs is 1. The van der Waals surface area contributed by atoms with Crippen molar-refractivity contribution in [2.75, 3.05) is 26.2 Å². The second-order valence-electron chi connectivity index (χ2n) is 9.55. The summed E-state index contributed by atoms with van der Waals surface area (Å²) in [4.78, 5) is 2.54. The average molecular weight is 430 g/mol. The minimum Gasteiger partial charge on any atom is -0.492 e. The number of rotatable bonds is 6. The van der Waals surface area contributed by atoms with Crippen molar-refractivity contribution in [2.24, 2.45) is 5.92 Å². The number of benzene rings is 2. The van der Waals surface area contributed by atoms with Crippen molar-refractivity contribution in [3.8, 4) is 11.5 Å². The summed E-state index contributed by atoms with van der Waals surface area (Å²) in [5.74, 6) is 2.73. The summed E-state index contributed by atoms with van der Waals surface area (Å²) in [7, 11) is 0. The predicted molar refractivity (Wildman–Crippen MR) is 132 cm³/mol. The molecule has 1 saturated heterocycles. The maximum absolute atomic E-state index is 6.14. The van der Waals surface area contributed by atoms with Crippen LogP contribution in [0.5, 0.6) is 11.5 Å². The highest BCUT2D eigenvalue weighted by Crippen LogP contribution is 2.47. The van der Waals surface area contributed by atoms with Crippen LogP contribution in [0.15, 0.2) is 54.3 Å². The highest BCUT2D eigenvalue weighted by Gasteiger charge is 2.26. The minimum atomic E-state index is 0.730. The van der Waals surface area contributed by atoms with E-state index in [2.05, 4.69) is 61.2 Å². The van der Waals surface area contributed by atoms with Crippen LogP contribution < -0.4 is 9.47 Å². The number of likely N-dealkylation sites (tertiary alicyclic amines) is 1. The van der Waals surface area contributed by atoms with Crippen LogP contribution in [-0.2, 0) is 0 Å². The lowest BCUT2D eigenvalue weighted by molar-refractivity contribution is 0.153. The van der Waals surface area contributed by atoms with E-state index in [4.69, 9.17) is 9.47 Å². The molecule has 0 atom stereocenters. The second kappa shape index (κ2) is 9.54. The Kier molecular flexibility index (Phi) is 6.36. The Balaban J connectivity index is 1.29. The van der Waals surface area contributed by atoms with E-state index in [1.54, 1.807) is 5.57 Å². The van der Waals surface area contributed by atoms with Gasteiger partial charge in [-0.15, -0.1) is 0 Å². The van der Waals surface area contributed by atoms with E-state index >= 15 is 0 Å². The van der Waals surface area contributed by atoms with E-state index in [9.17, 15) is 0 Å². The molecule has 3 nitrogen and oxygen atoms in total. The van der Waals surface area contributed by atoms with Gasteiger partial charge in [-0.05, 0) is 81.3 Å². The maximum Gasteiger partial charge on any atom is 0.138 e. The first-order chi connectivity index (χ1) is 15.7. The number of ether oxygens (including phenoxy) is 2. The Morgan fingerprint density at radius 1 is 1.03 bits per heavy atom. The van der Waals surface area contributed by atoms with Gasteiger partial charge in [0, 0.05) is 23.7 Å². The Morgan fingerprint density at radius 2 is 1.81 bits per heavy atom. The number of hydrogen-bond acceptors (Lipinski definition) is 3. The van der Waals surface area contributed by atoms with Gasteiger partial charge in [-0.3, -0.25) is 4.90 Å². The largest absolute Gasteiger partial charge is 0.492 e. The van der Waals surface area contributed by atoms with Crippen LogP contribution in [0, 0.1) is 12.8 Å². The lowest BCUT2D eigenvalue weighted by Crippen LogP contribution is -2.36. The molecule has 0 unspecified atom stereocenters. The van der Waals surface area contributed by atoms with E-state index in [0.29, 0.717) is 0 Å². The molecule has 0 aromatic heterocycles. The molecule has 0 spiro atoms. The zero-order valence-electron chi connectivity index (χ0n) is 19.5. The fourth-order valence-electron chi connectivity index (χ4n) is 5.06. The highest BCUT2D eigenvalue weighted by molar-refractivity contribution is 6.08. The van der Waals surface area contributed by atoms with Crippen molar-refractivity contribution in [3.05, 3.63) is 71.0 Å². The van der Waals surface area contributed by atoms with Crippen LogP contribution in [0.25, 0.3) is 11.1 Å². The summed E-state index contributed by atoms with van der Waals surface area (Å²) >= 11 is 0. The molecule has 3 heteroatoms. The SMILES string of the molecule is CCC1CCN(CCOc2ccc3c(c2)OC=C(c2ccc(C)cc2)C3=C2CCC2)CC1. The van der Waals surface area contributed by atoms with Crippen molar-refractivity contribution in [3.63, 3.8) is 0 Å². The van der Waals surface area contributed by atoms with Crippen LogP contribution in [-0.4, -0.2) is 31.1 Å². The number of piperidine rings is 1. The third-order valence-corrected chi connectivity index (χ3v) is 7.43. The van der Waals surface area contributed by atoms with Crippen LogP contribution in [0.2, 0.25) is 0 Å². The molecule has 32 heavy (non-hydrogen) atoms. The van der Waals surface area contributed by atoms with Gasteiger partial charge in [0.25, 0.3) is 0 Å². The van der Waals surface area contributed by atoms with Gasteiger partial charge in [-0.2, -0.15) is 0 Å². The van der Waals surface area contributed by atoms with Crippen molar-refractivity contribution in [1.82, 2.24) is 4.90 Å². The van der Waals surface area contributed by atoms with Gasteiger partial charge in [0.2, 0.25) is 0 Å². The molecule has 1 saturated carbocycles. The molecule has 0 amide bonds. The predicted octanol–water partition coefficient (Wildman–Crippen LogP) is 6.87. The quantitative estimate of drug-likeness (QED) is 0.500. The molecule has 2 aromatic carbocycles. The van der Waals surface area contributed by atoms with Gasteiger partial charge in [0.15, 0.2) is 0 Å². The number of aryl methyl sites for hydroxylation is 1. The van der Waals surface area contributed by atoms with E-state index in [1.807, 2.05) is 6.26 Å². The van der Waals surface area contributed by atoms with Crippen molar-refractivity contribution in [1.29, 1.82) is 0 Å². The fourth-order valence-corrected chi connectivity index (χ4v) is 5.06. The summed E-state index contributed by atoms with van der Waals surface area (Å²) in [5, 5.41) is 0. The molecule has 2 heterocycles. The first-order valence-electron chi connectivity index (χ1n) is 12.4. The van der Waals surface area contributed by atoms with Crippen LogP contribution in [0.1, 0.15) is 62.1 Å². The Hall–Kier alpha value is -2.52. The van der Waals surface area contributed by atoms with E-state index < -0.39 is 0 Å². The summed E-state index contributed by atoms with van der Waals surface area (Å²) < 4.78 is 12.3.